The smallest absolute Gasteiger partial charge is 0.166 e. The van der Waals surface area contributed by atoms with E-state index < -0.39 is 0 Å². The molecule has 1 aliphatic carbocycles. The molecule has 100 valence electrons. The van der Waals surface area contributed by atoms with Gasteiger partial charge in [0.25, 0.3) is 0 Å². The highest BCUT2D eigenvalue weighted by atomic mass is 16.6. The van der Waals surface area contributed by atoms with Crippen molar-refractivity contribution in [3.63, 3.8) is 0 Å². The van der Waals surface area contributed by atoms with E-state index in [9.17, 15) is 4.79 Å². The van der Waals surface area contributed by atoms with Crippen molar-refractivity contribution in [3.05, 3.63) is 0 Å². The fourth-order valence-electron chi connectivity index (χ4n) is 1.59. The SMILES string of the molecule is COCCOC1C(=O)CC1OCCC(C)(C)C. The zero-order valence-corrected chi connectivity index (χ0v) is 11.3. The zero-order chi connectivity index (χ0) is 12.9. The molecule has 0 aromatic rings. The van der Waals surface area contributed by atoms with Gasteiger partial charge in [-0.3, -0.25) is 4.79 Å². The lowest BCUT2D eigenvalue weighted by molar-refractivity contribution is -0.168. The third kappa shape index (κ3) is 5.15. The van der Waals surface area contributed by atoms with Crippen LogP contribution in [0, 0.1) is 5.41 Å². The highest BCUT2D eigenvalue weighted by molar-refractivity contribution is 5.90. The maximum atomic E-state index is 11.3. The number of ketones is 1. The molecule has 4 nitrogen and oxygen atoms in total. The highest BCUT2D eigenvalue weighted by Crippen LogP contribution is 2.25. The van der Waals surface area contributed by atoms with Crippen LogP contribution in [0.3, 0.4) is 0 Å². The number of ether oxygens (including phenoxy) is 3. The van der Waals surface area contributed by atoms with Crippen molar-refractivity contribution in [2.75, 3.05) is 26.9 Å². The summed E-state index contributed by atoms with van der Waals surface area (Å²) in [7, 11) is 1.61. The standard InChI is InChI=1S/C13H24O4/c1-13(2,3)5-6-16-11-9-10(14)12(11)17-8-7-15-4/h11-12H,5-9H2,1-4H3. The van der Waals surface area contributed by atoms with Gasteiger partial charge in [0, 0.05) is 20.1 Å². The summed E-state index contributed by atoms with van der Waals surface area (Å²) >= 11 is 0. The van der Waals surface area contributed by atoms with Gasteiger partial charge in [-0.2, -0.15) is 0 Å². The molecule has 0 spiro atoms. The second kappa shape index (κ2) is 6.47. The van der Waals surface area contributed by atoms with Gasteiger partial charge in [0.15, 0.2) is 5.78 Å². The van der Waals surface area contributed by atoms with Gasteiger partial charge in [0.1, 0.15) is 6.10 Å². The molecule has 0 aliphatic heterocycles. The van der Waals surface area contributed by atoms with E-state index >= 15 is 0 Å². The Morgan fingerprint density at radius 1 is 1.18 bits per heavy atom. The van der Waals surface area contributed by atoms with E-state index in [-0.39, 0.29) is 23.4 Å². The fraction of sp³-hybridized carbons (Fsp3) is 0.923. The molecular weight excluding hydrogens is 220 g/mol. The Kier molecular flexibility index (Phi) is 5.56. The van der Waals surface area contributed by atoms with E-state index in [1.807, 2.05) is 0 Å². The molecule has 1 fully saturated rings. The van der Waals surface area contributed by atoms with Crippen molar-refractivity contribution in [1.29, 1.82) is 0 Å². The summed E-state index contributed by atoms with van der Waals surface area (Å²) in [5.41, 5.74) is 0.264. The Bertz CT molecular complexity index is 244. The molecule has 0 aromatic heterocycles. The van der Waals surface area contributed by atoms with Crippen molar-refractivity contribution >= 4 is 5.78 Å². The Morgan fingerprint density at radius 2 is 1.88 bits per heavy atom. The topological polar surface area (TPSA) is 44.8 Å². The van der Waals surface area contributed by atoms with Gasteiger partial charge >= 0.3 is 0 Å². The molecule has 0 saturated heterocycles. The number of rotatable bonds is 7. The lowest BCUT2D eigenvalue weighted by Gasteiger charge is -2.35. The molecule has 0 N–H and O–H groups in total. The van der Waals surface area contributed by atoms with Crippen LogP contribution < -0.4 is 0 Å². The Labute approximate surface area is 104 Å². The van der Waals surface area contributed by atoms with E-state index in [1.165, 1.54) is 0 Å². The van der Waals surface area contributed by atoms with Crippen molar-refractivity contribution in [2.24, 2.45) is 5.41 Å². The first-order valence-electron chi connectivity index (χ1n) is 6.19. The summed E-state index contributed by atoms with van der Waals surface area (Å²) in [5, 5.41) is 0. The molecule has 1 rings (SSSR count). The Hall–Kier alpha value is -0.450. The molecule has 0 radical (unpaired) electrons. The minimum absolute atomic E-state index is 0.0540. The van der Waals surface area contributed by atoms with Crippen LogP contribution in [0.4, 0.5) is 0 Å². The van der Waals surface area contributed by atoms with Crippen LogP contribution in [0.1, 0.15) is 33.6 Å². The molecule has 0 amide bonds. The number of carbonyl (C=O) groups excluding carboxylic acids is 1. The molecule has 17 heavy (non-hydrogen) atoms. The van der Waals surface area contributed by atoms with Gasteiger partial charge < -0.3 is 14.2 Å². The van der Waals surface area contributed by atoms with Crippen LogP contribution in [0.15, 0.2) is 0 Å². The molecule has 4 heteroatoms. The average Bonchev–Trinajstić information content (AvgIpc) is 2.21. The molecule has 0 aromatic carbocycles. The average molecular weight is 244 g/mol. The van der Waals surface area contributed by atoms with Crippen LogP contribution in [0.2, 0.25) is 0 Å². The summed E-state index contributed by atoms with van der Waals surface area (Å²) < 4.78 is 16.0. The number of carbonyl (C=O) groups is 1. The van der Waals surface area contributed by atoms with Gasteiger partial charge in [-0.25, -0.2) is 0 Å². The van der Waals surface area contributed by atoms with Crippen LogP contribution >= 0.6 is 0 Å². The fourth-order valence-corrected chi connectivity index (χ4v) is 1.59. The van der Waals surface area contributed by atoms with Crippen LogP contribution in [0.5, 0.6) is 0 Å². The third-order valence-electron chi connectivity index (χ3n) is 2.83. The number of hydrogen-bond acceptors (Lipinski definition) is 4. The predicted molar refractivity (Wildman–Crippen MR) is 65.1 cm³/mol. The van der Waals surface area contributed by atoms with Crippen molar-refractivity contribution < 1.29 is 19.0 Å². The number of Topliss-reactive ketones (excluding diaryl/α,β-unsaturated/α-hetero) is 1. The molecule has 1 saturated carbocycles. The summed E-state index contributed by atoms with van der Waals surface area (Å²) in [6.07, 6.45) is 1.05. The van der Waals surface area contributed by atoms with E-state index in [1.54, 1.807) is 7.11 Å². The molecule has 0 heterocycles. The minimum atomic E-state index is -0.370. The monoisotopic (exact) mass is 244 g/mol. The van der Waals surface area contributed by atoms with E-state index in [0.717, 1.165) is 6.42 Å². The number of methoxy groups -OCH3 is 1. The van der Waals surface area contributed by atoms with Crippen molar-refractivity contribution in [1.82, 2.24) is 0 Å². The van der Waals surface area contributed by atoms with Crippen molar-refractivity contribution in [3.8, 4) is 0 Å². The Morgan fingerprint density at radius 3 is 2.41 bits per heavy atom. The quantitative estimate of drug-likeness (QED) is 0.641. The third-order valence-corrected chi connectivity index (χ3v) is 2.83. The first-order chi connectivity index (χ1) is 7.94. The maximum absolute atomic E-state index is 11.3. The minimum Gasteiger partial charge on any atom is -0.382 e. The largest absolute Gasteiger partial charge is 0.382 e. The van der Waals surface area contributed by atoms with Gasteiger partial charge in [0.05, 0.1) is 19.3 Å². The molecule has 1 aliphatic rings. The first kappa shape index (κ1) is 14.6. The van der Waals surface area contributed by atoms with Crippen LogP contribution in [0.25, 0.3) is 0 Å². The molecule has 2 atom stereocenters. The lowest BCUT2D eigenvalue weighted by Crippen LogP contribution is -2.51. The van der Waals surface area contributed by atoms with Gasteiger partial charge in [-0.1, -0.05) is 20.8 Å². The Balaban J connectivity index is 2.18. The molecule has 0 bridgehead atoms. The number of hydrogen-bond donors (Lipinski definition) is 0. The second-order valence-corrected chi connectivity index (χ2v) is 5.67. The van der Waals surface area contributed by atoms with Gasteiger partial charge in [-0.15, -0.1) is 0 Å². The van der Waals surface area contributed by atoms with Gasteiger partial charge in [-0.05, 0) is 11.8 Å². The normalized spacial score (nSPS) is 24.8. The summed E-state index contributed by atoms with van der Waals surface area (Å²) in [5.74, 6) is 0.141. The summed E-state index contributed by atoms with van der Waals surface area (Å²) in [6.45, 7) is 8.18. The summed E-state index contributed by atoms with van der Waals surface area (Å²) in [6, 6.07) is 0. The molecule has 2 unspecified atom stereocenters. The van der Waals surface area contributed by atoms with E-state index in [4.69, 9.17) is 14.2 Å². The van der Waals surface area contributed by atoms with E-state index in [2.05, 4.69) is 20.8 Å². The van der Waals surface area contributed by atoms with Gasteiger partial charge in [0.2, 0.25) is 0 Å². The van der Waals surface area contributed by atoms with E-state index in [0.29, 0.717) is 26.2 Å². The lowest BCUT2D eigenvalue weighted by atomic mass is 9.89. The zero-order valence-electron chi connectivity index (χ0n) is 11.3. The highest BCUT2D eigenvalue weighted by Gasteiger charge is 2.41. The molecular formula is C13H24O4. The van der Waals surface area contributed by atoms with Crippen LogP contribution in [-0.4, -0.2) is 44.9 Å². The van der Waals surface area contributed by atoms with Crippen LogP contribution in [-0.2, 0) is 19.0 Å². The van der Waals surface area contributed by atoms with Crippen molar-refractivity contribution in [2.45, 2.75) is 45.8 Å². The predicted octanol–water partition coefficient (Wildman–Crippen LogP) is 1.81. The summed E-state index contributed by atoms with van der Waals surface area (Å²) in [4.78, 5) is 11.3. The second-order valence-electron chi connectivity index (χ2n) is 5.67. The maximum Gasteiger partial charge on any atom is 0.166 e. The first-order valence-corrected chi connectivity index (χ1v) is 6.19.